The molecule has 0 fully saturated rings. The van der Waals surface area contributed by atoms with Crippen LogP contribution >= 0.6 is 0 Å². The number of carboxylic acid groups (broad SMARTS) is 1. The molecule has 1 unspecified atom stereocenters. The van der Waals surface area contributed by atoms with Crippen LogP contribution in [0.25, 0.3) is 11.1 Å². The molecule has 2 amide bonds. The van der Waals surface area contributed by atoms with Gasteiger partial charge in [-0.3, -0.25) is 4.79 Å². The highest BCUT2D eigenvalue weighted by molar-refractivity contribution is 5.85. The summed E-state index contributed by atoms with van der Waals surface area (Å²) in [6.45, 7) is 5.28. The van der Waals surface area contributed by atoms with Crippen LogP contribution in [-0.4, -0.2) is 48.2 Å². The molecule has 0 aliphatic heterocycles. The number of amides is 2. The number of carbonyl (C=O) groups excluding carboxylic acids is 2. The van der Waals surface area contributed by atoms with Crippen LogP contribution in [0.15, 0.2) is 48.5 Å². The maximum Gasteiger partial charge on any atom is 0.407 e. The van der Waals surface area contributed by atoms with Crippen LogP contribution < -0.4 is 10.6 Å². The van der Waals surface area contributed by atoms with Crippen LogP contribution in [0.4, 0.5) is 13.6 Å². The van der Waals surface area contributed by atoms with Crippen molar-refractivity contribution in [2.24, 2.45) is 11.3 Å². The molecule has 0 aromatic heterocycles. The molecule has 1 aliphatic carbocycles. The van der Waals surface area contributed by atoms with E-state index in [4.69, 9.17) is 9.84 Å². The first kappa shape index (κ1) is 26.1. The van der Waals surface area contributed by atoms with Crippen LogP contribution in [0.5, 0.6) is 0 Å². The Bertz CT molecular complexity index is 1070. The van der Waals surface area contributed by atoms with Gasteiger partial charge in [-0.15, -0.1) is 0 Å². The van der Waals surface area contributed by atoms with Crippen molar-refractivity contribution in [2.75, 3.05) is 13.2 Å². The minimum Gasteiger partial charge on any atom is -0.477 e. The summed E-state index contributed by atoms with van der Waals surface area (Å²) in [6, 6.07) is 15.1. The number of hydrogen-bond donors (Lipinski definition) is 3. The van der Waals surface area contributed by atoms with Crippen LogP contribution in [0.1, 0.15) is 44.7 Å². The number of hydrogen-bond acceptors (Lipinski definition) is 4. The molecule has 188 valence electrons. The van der Waals surface area contributed by atoms with Gasteiger partial charge in [0.1, 0.15) is 6.61 Å². The van der Waals surface area contributed by atoms with Crippen molar-refractivity contribution in [1.82, 2.24) is 10.6 Å². The van der Waals surface area contributed by atoms with Gasteiger partial charge in [-0.2, -0.15) is 8.78 Å². The minimum absolute atomic E-state index is 0.0855. The number of nitrogens with one attached hydrogen (secondary N) is 2. The fraction of sp³-hybridized carbons (Fsp3) is 0.423. The number of alkyl carbamates (subject to hydrolysis) is 1. The zero-order valence-electron chi connectivity index (χ0n) is 20.1. The average molecular weight is 489 g/mol. The molecule has 35 heavy (non-hydrogen) atoms. The molecular weight excluding hydrogens is 458 g/mol. The van der Waals surface area contributed by atoms with Gasteiger partial charge in [0.2, 0.25) is 5.91 Å². The molecule has 3 N–H and O–H groups in total. The van der Waals surface area contributed by atoms with E-state index in [0.29, 0.717) is 0 Å². The third-order valence-corrected chi connectivity index (χ3v) is 6.43. The summed E-state index contributed by atoms with van der Waals surface area (Å²) >= 11 is 0. The fourth-order valence-electron chi connectivity index (χ4n) is 4.58. The highest BCUT2D eigenvalue weighted by Crippen LogP contribution is 2.44. The van der Waals surface area contributed by atoms with E-state index >= 15 is 0 Å². The van der Waals surface area contributed by atoms with Crippen molar-refractivity contribution < 1.29 is 33.0 Å². The number of halogens is 2. The first-order chi connectivity index (χ1) is 16.4. The fourth-order valence-corrected chi connectivity index (χ4v) is 4.58. The number of fused-ring (bicyclic) bond motifs is 3. The number of alkyl halides is 2. The molecule has 3 rings (SSSR count). The zero-order chi connectivity index (χ0) is 26.0. The summed E-state index contributed by atoms with van der Waals surface area (Å²) < 4.78 is 32.4. The Morgan fingerprint density at radius 1 is 1.00 bits per heavy atom. The Morgan fingerprint density at radius 3 is 2.00 bits per heavy atom. The number of ether oxygens (including phenoxy) is 1. The molecule has 0 saturated carbocycles. The van der Waals surface area contributed by atoms with E-state index in [0.717, 1.165) is 22.3 Å². The summed E-state index contributed by atoms with van der Waals surface area (Å²) in [5, 5.41) is 13.3. The Hall–Kier alpha value is -3.49. The Balaban J connectivity index is 1.67. The maximum atomic E-state index is 13.4. The van der Waals surface area contributed by atoms with E-state index < -0.39 is 41.9 Å². The van der Waals surface area contributed by atoms with Gasteiger partial charge >= 0.3 is 18.0 Å². The smallest absolute Gasteiger partial charge is 0.407 e. The molecule has 9 heteroatoms. The molecule has 7 nitrogen and oxygen atoms in total. The molecule has 2 aromatic rings. The Morgan fingerprint density at radius 2 is 1.51 bits per heavy atom. The lowest BCUT2D eigenvalue weighted by molar-refractivity contribution is -0.164. The Kier molecular flexibility index (Phi) is 7.47. The number of benzene rings is 2. The highest BCUT2D eigenvalue weighted by atomic mass is 19.3. The SMILES string of the molecule is CC(C)C(NC(=O)OCC1c2ccccc2-c2ccccc21)C(C)(C)C(=O)NCC(F)(F)C(=O)O. The predicted octanol–water partition coefficient (Wildman–Crippen LogP) is 4.41. The summed E-state index contributed by atoms with van der Waals surface area (Å²) in [5.41, 5.74) is 2.97. The molecule has 2 aromatic carbocycles. The molecule has 0 saturated heterocycles. The molecular formula is C26H30F2N2O5. The maximum absolute atomic E-state index is 13.4. The normalized spacial score (nSPS) is 14.1. The van der Waals surface area contributed by atoms with Crippen molar-refractivity contribution in [3.8, 4) is 11.1 Å². The van der Waals surface area contributed by atoms with E-state index in [1.54, 1.807) is 13.8 Å². The number of aliphatic carboxylic acids is 1. The zero-order valence-corrected chi connectivity index (χ0v) is 20.1. The van der Waals surface area contributed by atoms with Gasteiger partial charge in [-0.1, -0.05) is 62.4 Å². The molecule has 1 aliphatic rings. The third-order valence-electron chi connectivity index (χ3n) is 6.43. The van der Waals surface area contributed by atoms with Crippen molar-refractivity contribution in [3.63, 3.8) is 0 Å². The average Bonchev–Trinajstić information content (AvgIpc) is 3.13. The van der Waals surface area contributed by atoms with Crippen molar-refractivity contribution in [2.45, 2.75) is 45.6 Å². The van der Waals surface area contributed by atoms with Crippen molar-refractivity contribution in [3.05, 3.63) is 59.7 Å². The van der Waals surface area contributed by atoms with Crippen molar-refractivity contribution >= 4 is 18.0 Å². The predicted molar refractivity (Wildman–Crippen MR) is 126 cm³/mol. The van der Waals surface area contributed by atoms with Crippen LogP contribution in [0.3, 0.4) is 0 Å². The molecule has 0 bridgehead atoms. The van der Waals surface area contributed by atoms with E-state index in [1.165, 1.54) is 13.8 Å². The summed E-state index contributed by atoms with van der Waals surface area (Å²) in [4.78, 5) is 36.1. The summed E-state index contributed by atoms with van der Waals surface area (Å²) in [6.07, 6.45) is -0.734. The molecule has 0 heterocycles. The van der Waals surface area contributed by atoms with Crippen LogP contribution in [-0.2, 0) is 14.3 Å². The monoisotopic (exact) mass is 488 g/mol. The van der Waals surface area contributed by atoms with E-state index in [1.807, 2.05) is 53.8 Å². The topological polar surface area (TPSA) is 105 Å². The summed E-state index contributed by atoms with van der Waals surface area (Å²) in [5.74, 6) is -7.63. The highest BCUT2D eigenvalue weighted by Gasteiger charge is 2.44. The lowest BCUT2D eigenvalue weighted by Gasteiger charge is -2.36. The van der Waals surface area contributed by atoms with Gasteiger partial charge < -0.3 is 20.5 Å². The quantitative estimate of drug-likeness (QED) is 0.485. The largest absolute Gasteiger partial charge is 0.477 e. The first-order valence-electron chi connectivity index (χ1n) is 11.4. The second-order valence-electron chi connectivity index (χ2n) is 9.61. The second-order valence-corrected chi connectivity index (χ2v) is 9.61. The van der Waals surface area contributed by atoms with E-state index in [2.05, 4.69) is 5.32 Å². The lowest BCUT2D eigenvalue weighted by Crippen LogP contribution is -2.56. The van der Waals surface area contributed by atoms with E-state index in [-0.39, 0.29) is 18.4 Å². The molecule has 0 spiro atoms. The standard InChI is InChI=1S/C26H30F2N2O5/c1-15(2)21(25(3,4)22(31)29-14-26(27,28)23(32)33)30-24(34)35-13-20-18-11-7-5-9-16(18)17-10-6-8-12-19(17)20/h5-12,15,20-21H,13-14H2,1-4H3,(H,29,31)(H,30,34)(H,32,33). The minimum atomic E-state index is -4.10. The molecule has 1 atom stereocenters. The van der Waals surface area contributed by atoms with E-state index in [9.17, 15) is 23.2 Å². The summed E-state index contributed by atoms with van der Waals surface area (Å²) in [7, 11) is 0. The van der Waals surface area contributed by atoms with Gasteiger partial charge in [0.05, 0.1) is 12.0 Å². The van der Waals surface area contributed by atoms with Gasteiger partial charge in [-0.25, -0.2) is 9.59 Å². The van der Waals surface area contributed by atoms with Gasteiger partial charge in [0, 0.05) is 12.0 Å². The van der Waals surface area contributed by atoms with Gasteiger partial charge in [-0.05, 0) is 42.0 Å². The first-order valence-corrected chi connectivity index (χ1v) is 11.4. The van der Waals surface area contributed by atoms with Crippen LogP contribution in [0, 0.1) is 11.3 Å². The lowest BCUT2D eigenvalue weighted by atomic mass is 9.77. The number of carbonyl (C=O) groups is 3. The van der Waals surface area contributed by atoms with Crippen molar-refractivity contribution in [1.29, 1.82) is 0 Å². The number of carboxylic acids is 1. The number of rotatable bonds is 9. The van der Waals surface area contributed by atoms with Gasteiger partial charge in [0.25, 0.3) is 0 Å². The Labute approximate surface area is 202 Å². The second kappa shape index (κ2) is 10.0. The third kappa shape index (κ3) is 5.44. The van der Waals surface area contributed by atoms with Gasteiger partial charge in [0.15, 0.2) is 0 Å². The molecule has 0 radical (unpaired) electrons. The van der Waals surface area contributed by atoms with Crippen LogP contribution in [0.2, 0.25) is 0 Å².